The van der Waals surface area contributed by atoms with Crippen LogP contribution < -0.4 is 10.0 Å². The van der Waals surface area contributed by atoms with Crippen LogP contribution in [0.3, 0.4) is 0 Å². The molecule has 178 valence electrons. The zero-order valence-corrected chi connectivity index (χ0v) is 19.7. The minimum Gasteiger partial charge on any atom is -0.507 e. The second-order valence-electron chi connectivity index (χ2n) is 7.29. The molecule has 1 heterocycles. The number of nitrogens with zero attached hydrogens (tertiary/aromatic N) is 2. The first-order chi connectivity index (χ1) is 16.0. The zero-order valence-electron chi connectivity index (χ0n) is 17.3. The summed E-state index contributed by atoms with van der Waals surface area (Å²) in [5.74, 6) is -0.723. The minimum absolute atomic E-state index is 0.0132. The Morgan fingerprint density at radius 1 is 1.03 bits per heavy atom. The standard InChI is InChI=1S/C20H18N4O7S3/c25-17-11-14(34(29,30)31)10-12-9-13(6-7-15(12)17)22-19(26)5-2-8-21-33(27,28)18-4-1-3-16-20(18)24-32-23-16/h1,3-4,6-7,9-11,21,25H,2,5,8H2,(H,22,26)(H,29,30,31). The first kappa shape index (κ1) is 24.0. The Labute approximate surface area is 198 Å². The summed E-state index contributed by atoms with van der Waals surface area (Å²) in [5.41, 5.74) is 1.12. The molecule has 4 N–H and O–H groups in total. The highest BCUT2D eigenvalue weighted by Crippen LogP contribution is 2.30. The van der Waals surface area contributed by atoms with Crippen LogP contribution in [0.5, 0.6) is 5.75 Å². The van der Waals surface area contributed by atoms with Crippen molar-refractivity contribution < 1.29 is 31.3 Å². The summed E-state index contributed by atoms with van der Waals surface area (Å²) >= 11 is 0.918. The van der Waals surface area contributed by atoms with Crippen LogP contribution in [-0.2, 0) is 24.9 Å². The van der Waals surface area contributed by atoms with Gasteiger partial charge in [-0.3, -0.25) is 9.35 Å². The zero-order chi connectivity index (χ0) is 24.5. The van der Waals surface area contributed by atoms with Crippen molar-refractivity contribution in [3.05, 3.63) is 48.5 Å². The largest absolute Gasteiger partial charge is 0.507 e. The number of sulfonamides is 1. The summed E-state index contributed by atoms with van der Waals surface area (Å²) in [7, 11) is -8.35. The number of carbonyl (C=O) groups is 1. The number of aromatic hydroxyl groups is 1. The van der Waals surface area contributed by atoms with Gasteiger partial charge in [0.25, 0.3) is 10.1 Å². The Hall–Kier alpha value is -3.17. The molecule has 0 saturated heterocycles. The number of hydrogen-bond acceptors (Lipinski definition) is 9. The molecule has 34 heavy (non-hydrogen) atoms. The highest BCUT2D eigenvalue weighted by atomic mass is 32.2. The third-order valence-electron chi connectivity index (χ3n) is 4.90. The van der Waals surface area contributed by atoms with Crippen molar-refractivity contribution in [3.63, 3.8) is 0 Å². The molecule has 14 heteroatoms. The summed E-state index contributed by atoms with van der Waals surface area (Å²) in [6, 6.07) is 11.3. The summed E-state index contributed by atoms with van der Waals surface area (Å²) in [5, 5.41) is 13.3. The number of rotatable bonds is 8. The fraction of sp³-hybridized carbons (Fsp3) is 0.150. The molecule has 0 unspecified atom stereocenters. The number of phenols is 1. The van der Waals surface area contributed by atoms with Gasteiger partial charge in [-0.2, -0.15) is 17.2 Å². The Balaban J connectivity index is 1.37. The first-order valence-electron chi connectivity index (χ1n) is 9.80. The molecule has 1 aromatic heterocycles. The number of hydrogen-bond donors (Lipinski definition) is 4. The van der Waals surface area contributed by atoms with Crippen molar-refractivity contribution in [2.24, 2.45) is 0 Å². The smallest absolute Gasteiger partial charge is 0.294 e. The van der Waals surface area contributed by atoms with E-state index in [4.69, 9.17) is 0 Å². The van der Waals surface area contributed by atoms with Gasteiger partial charge >= 0.3 is 0 Å². The average molecular weight is 523 g/mol. The minimum atomic E-state index is -4.52. The maximum Gasteiger partial charge on any atom is 0.294 e. The predicted octanol–water partition coefficient (Wildman–Crippen LogP) is 2.49. The van der Waals surface area contributed by atoms with Crippen LogP contribution in [0.1, 0.15) is 12.8 Å². The molecule has 3 aromatic carbocycles. The van der Waals surface area contributed by atoms with Crippen LogP contribution in [0.15, 0.2) is 58.3 Å². The van der Waals surface area contributed by atoms with Crippen molar-refractivity contribution in [3.8, 4) is 5.75 Å². The average Bonchev–Trinajstić information content (AvgIpc) is 3.25. The molecule has 11 nitrogen and oxygen atoms in total. The number of phenolic OH excluding ortho intramolecular Hbond substituents is 1. The number of fused-ring (bicyclic) bond motifs is 2. The summed E-state index contributed by atoms with van der Waals surface area (Å²) < 4.78 is 67.6. The van der Waals surface area contributed by atoms with Crippen LogP contribution in [0.2, 0.25) is 0 Å². The summed E-state index contributed by atoms with van der Waals surface area (Å²) in [6.07, 6.45) is 0.233. The van der Waals surface area contributed by atoms with Gasteiger partial charge in [0, 0.05) is 30.1 Å². The van der Waals surface area contributed by atoms with Crippen molar-refractivity contribution >= 4 is 65.3 Å². The lowest BCUT2D eigenvalue weighted by Crippen LogP contribution is -2.26. The molecular weight excluding hydrogens is 504 g/mol. The Bertz CT molecular complexity index is 1620. The Morgan fingerprint density at radius 2 is 1.82 bits per heavy atom. The quantitative estimate of drug-likeness (QED) is 0.200. The maximum atomic E-state index is 12.6. The second-order valence-corrected chi connectivity index (χ2v) is 11.0. The van der Waals surface area contributed by atoms with E-state index in [0.717, 1.165) is 17.8 Å². The molecule has 4 aromatic rings. The summed E-state index contributed by atoms with van der Waals surface area (Å²) in [4.78, 5) is 11.8. The van der Waals surface area contributed by atoms with E-state index in [9.17, 15) is 31.3 Å². The van der Waals surface area contributed by atoms with Gasteiger partial charge in [-0.05, 0) is 48.2 Å². The van der Waals surface area contributed by atoms with Crippen LogP contribution >= 0.6 is 11.7 Å². The van der Waals surface area contributed by atoms with Gasteiger partial charge in [-0.15, -0.1) is 0 Å². The Morgan fingerprint density at radius 3 is 2.59 bits per heavy atom. The van der Waals surface area contributed by atoms with E-state index in [-0.39, 0.29) is 41.5 Å². The SMILES string of the molecule is O=C(CCCNS(=O)(=O)c1cccc2nsnc12)Nc1ccc2c(O)cc(S(=O)(=O)O)cc2c1. The molecule has 0 saturated carbocycles. The third-order valence-corrected chi connectivity index (χ3v) is 7.76. The lowest BCUT2D eigenvalue weighted by molar-refractivity contribution is -0.116. The molecule has 0 spiro atoms. The summed E-state index contributed by atoms with van der Waals surface area (Å²) in [6.45, 7) is 0.0209. The third kappa shape index (κ3) is 5.15. The van der Waals surface area contributed by atoms with Gasteiger partial charge in [0.05, 0.1) is 16.6 Å². The van der Waals surface area contributed by atoms with Gasteiger partial charge in [0.2, 0.25) is 15.9 Å². The normalized spacial score (nSPS) is 12.3. The molecule has 4 rings (SSSR count). The number of carbonyl (C=O) groups excluding carboxylic acids is 1. The van der Waals surface area contributed by atoms with E-state index < -0.39 is 25.0 Å². The van der Waals surface area contributed by atoms with Crippen LogP contribution in [0, 0.1) is 0 Å². The number of aromatic nitrogens is 2. The van der Waals surface area contributed by atoms with Crippen LogP contribution in [-0.4, -0.2) is 47.7 Å². The van der Waals surface area contributed by atoms with Crippen molar-refractivity contribution in [1.82, 2.24) is 13.5 Å². The van der Waals surface area contributed by atoms with Gasteiger partial charge in [-0.1, -0.05) is 6.07 Å². The number of anilines is 1. The van der Waals surface area contributed by atoms with E-state index in [0.29, 0.717) is 22.0 Å². The highest BCUT2D eigenvalue weighted by molar-refractivity contribution is 7.89. The lowest BCUT2D eigenvalue weighted by Gasteiger charge is -2.09. The van der Waals surface area contributed by atoms with Gasteiger partial charge in [-0.25, -0.2) is 13.1 Å². The van der Waals surface area contributed by atoms with E-state index in [2.05, 4.69) is 18.8 Å². The fourth-order valence-corrected chi connectivity index (χ4v) is 5.68. The number of nitrogens with one attached hydrogen (secondary N) is 2. The fourth-order valence-electron chi connectivity index (χ4n) is 3.30. The van der Waals surface area contributed by atoms with Crippen LogP contribution in [0.25, 0.3) is 21.8 Å². The molecule has 0 fully saturated rings. The van der Waals surface area contributed by atoms with E-state index in [1.165, 1.54) is 30.3 Å². The number of amides is 1. The Kier molecular flexibility index (Phi) is 6.51. The van der Waals surface area contributed by atoms with Gasteiger partial charge in [0.1, 0.15) is 21.7 Å². The van der Waals surface area contributed by atoms with Crippen molar-refractivity contribution in [2.75, 3.05) is 11.9 Å². The molecule has 0 aliphatic carbocycles. The molecule has 1 amide bonds. The first-order valence-corrected chi connectivity index (χ1v) is 13.4. The molecule has 0 bridgehead atoms. The van der Waals surface area contributed by atoms with Gasteiger partial charge < -0.3 is 10.4 Å². The van der Waals surface area contributed by atoms with Gasteiger partial charge in [0.15, 0.2) is 0 Å². The van der Waals surface area contributed by atoms with E-state index in [1.54, 1.807) is 12.1 Å². The second kappa shape index (κ2) is 9.23. The van der Waals surface area contributed by atoms with E-state index in [1.807, 2.05) is 0 Å². The molecule has 0 aliphatic heterocycles. The monoisotopic (exact) mass is 522 g/mol. The molecule has 0 aliphatic rings. The number of benzene rings is 3. The van der Waals surface area contributed by atoms with Crippen molar-refractivity contribution in [2.45, 2.75) is 22.6 Å². The van der Waals surface area contributed by atoms with Crippen molar-refractivity contribution in [1.29, 1.82) is 0 Å². The highest BCUT2D eigenvalue weighted by Gasteiger charge is 2.19. The predicted molar refractivity (Wildman–Crippen MR) is 126 cm³/mol. The van der Waals surface area contributed by atoms with Crippen LogP contribution in [0.4, 0.5) is 5.69 Å². The topological polar surface area (TPSA) is 176 Å². The maximum absolute atomic E-state index is 12.6. The molecule has 0 atom stereocenters. The molecule has 0 radical (unpaired) electrons. The van der Waals surface area contributed by atoms with E-state index >= 15 is 0 Å². The lowest BCUT2D eigenvalue weighted by atomic mass is 10.1. The molecular formula is C20H18N4O7S3.